The zero-order valence-electron chi connectivity index (χ0n) is 10.9. The van der Waals surface area contributed by atoms with Crippen LogP contribution in [0, 0.1) is 19.8 Å². The summed E-state index contributed by atoms with van der Waals surface area (Å²) in [6, 6.07) is 0. The van der Waals surface area contributed by atoms with Crippen LogP contribution in [0.5, 0.6) is 0 Å². The van der Waals surface area contributed by atoms with Gasteiger partial charge >= 0.3 is 0 Å². The molecule has 0 radical (unpaired) electrons. The number of amides is 1. The Kier molecular flexibility index (Phi) is 3.52. The first-order valence-corrected chi connectivity index (χ1v) is 6.21. The Morgan fingerprint density at radius 2 is 2.28 bits per heavy atom. The van der Waals surface area contributed by atoms with Crippen molar-refractivity contribution in [3.05, 3.63) is 23.0 Å². The highest BCUT2D eigenvalue weighted by atomic mass is 16.1. The van der Waals surface area contributed by atoms with Crippen LogP contribution in [0.4, 0.5) is 5.69 Å². The topological polar surface area (TPSA) is 85.2 Å². The molecule has 0 bridgehead atoms. The van der Waals surface area contributed by atoms with Crippen LogP contribution in [0.2, 0.25) is 0 Å². The highest BCUT2D eigenvalue weighted by Crippen LogP contribution is 2.22. The van der Waals surface area contributed by atoms with E-state index in [1.165, 1.54) is 0 Å². The summed E-state index contributed by atoms with van der Waals surface area (Å²) in [6.07, 6.45) is 2.65. The molecule has 0 spiro atoms. The standard InChI is InChI=1S/C13H20N4O/c1-8-5-16-11(9(2)12(8)14)7-17-4-3-10(6-17)13(15)18/h5,10H,3-4,6-7H2,1-2H3,(H2,14,16)(H2,15,18). The molecule has 4 N–H and O–H groups in total. The van der Waals surface area contributed by atoms with Crippen molar-refractivity contribution >= 4 is 11.6 Å². The third-order valence-electron chi connectivity index (χ3n) is 3.72. The van der Waals surface area contributed by atoms with Crippen molar-refractivity contribution in [3.63, 3.8) is 0 Å². The fourth-order valence-electron chi connectivity index (χ4n) is 2.37. The molecule has 1 atom stereocenters. The van der Waals surface area contributed by atoms with Crippen molar-refractivity contribution < 1.29 is 4.79 Å². The minimum atomic E-state index is -0.203. The van der Waals surface area contributed by atoms with E-state index in [0.717, 1.165) is 48.6 Å². The van der Waals surface area contributed by atoms with Crippen LogP contribution in [-0.4, -0.2) is 28.9 Å². The summed E-state index contributed by atoms with van der Waals surface area (Å²) in [6.45, 7) is 6.30. The number of primary amides is 1. The normalized spacial score (nSPS) is 20.2. The molecule has 1 fully saturated rings. The fraction of sp³-hybridized carbons (Fsp3) is 0.538. The number of likely N-dealkylation sites (tertiary alicyclic amines) is 1. The van der Waals surface area contributed by atoms with Crippen molar-refractivity contribution in [1.29, 1.82) is 0 Å². The highest BCUT2D eigenvalue weighted by Gasteiger charge is 2.27. The molecule has 0 saturated carbocycles. The third-order valence-corrected chi connectivity index (χ3v) is 3.72. The molecular weight excluding hydrogens is 228 g/mol. The van der Waals surface area contributed by atoms with E-state index in [1.807, 2.05) is 13.8 Å². The number of carbonyl (C=O) groups is 1. The van der Waals surface area contributed by atoms with Crippen molar-refractivity contribution in [1.82, 2.24) is 9.88 Å². The van der Waals surface area contributed by atoms with Crippen molar-refractivity contribution in [2.45, 2.75) is 26.8 Å². The maximum absolute atomic E-state index is 11.1. The zero-order valence-corrected chi connectivity index (χ0v) is 10.9. The van der Waals surface area contributed by atoms with Crippen LogP contribution in [-0.2, 0) is 11.3 Å². The van der Waals surface area contributed by atoms with Gasteiger partial charge in [0, 0.05) is 25.0 Å². The second-order valence-corrected chi connectivity index (χ2v) is 5.05. The largest absolute Gasteiger partial charge is 0.398 e. The average Bonchev–Trinajstić information content (AvgIpc) is 2.79. The van der Waals surface area contributed by atoms with E-state index in [9.17, 15) is 4.79 Å². The summed E-state index contributed by atoms with van der Waals surface area (Å²) in [4.78, 5) is 17.8. The number of hydrogen-bond acceptors (Lipinski definition) is 4. The monoisotopic (exact) mass is 248 g/mol. The first-order valence-electron chi connectivity index (χ1n) is 6.21. The Labute approximate surface area is 107 Å². The summed E-state index contributed by atoms with van der Waals surface area (Å²) < 4.78 is 0. The Bertz CT molecular complexity index is 472. The lowest BCUT2D eigenvalue weighted by atomic mass is 10.1. The first kappa shape index (κ1) is 12.8. The third kappa shape index (κ3) is 2.46. The van der Waals surface area contributed by atoms with E-state index >= 15 is 0 Å². The molecule has 0 aromatic carbocycles. The summed E-state index contributed by atoms with van der Waals surface area (Å²) in [5.74, 6) is -0.223. The predicted molar refractivity (Wildman–Crippen MR) is 70.7 cm³/mol. The molecule has 1 amide bonds. The van der Waals surface area contributed by atoms with Crippen LogP contribution >= 0.6 is 0 Å². The number of pyridine rings is 1. The van der Waals surface area contributed by atoms with Gasteiger partial charge in [0.1, 0.15) is 0 Å². The fourth-order valence-corrected chi connectivity index (χ4v) is 2.37. The number of anilines is 1. The molecule has 2 rings (SSSR count). The lowest BCUT2D eigenvalue weighted by molar-refractivity contribution is -0.121. The SMILES string of the molecule is Cc1cnc(CN2CCC(C(N)=O)C2)c(C)c1N. The lowest BCUT2D eigenvalue weighted by Gasteiger charge is -2.17. The molecule has 1 aromatic rings. The molecule has 1 aliphatic rings. The molecule has 1 unspecified atom stereocenters. The molecule has 1 aliphatic heterocycles. The molecule has 0 aliphatic carbocycles. The van der Waals surface area contributed by atoms with Gasteiger partial charge in [-0.15, -0.1) is 0 Å². The Hall–Kier alpha value is -1.62. The molecule has 1 aromatic heterocycles. The number of rotatable bonds is 3. The highest BCUT2D eigenvalue weighted by molar-refractivity contribution is 5.77. The summed E-state index contributed by atoms with van der Waals surface area (Å²) in [5, 5.41) is 0. The Balaban J connectivity index is 2.07. The molecular formula is C13H20N4O. The quantitative estimate of drug-likeness (QED) is 0.819. The van der Waals surface area contributed by atoms with Gasteiger partial charge in [-0.3, -0.25) is 14.7 Å². The van der Waals surface area contributed by atoms with Crippen LogP contribution < -0.4 is 11.5 Å². The van der Waals surface area contributed by atoms with Gasteiger partial charge in [-0.1, -0.05) is 0 Å². The Morgan fingerprint density at radius 3 is 2.89 bits per heavy atom. The summed E-state index contributed by atoms with van der Waals surface area (Å²) in [7, 11) is 0. The van der Waals surface area contributed by atoms with Gasteiger partial charge in [-0.2, -0.15) is 0 Å². The molecule has 2 heterocycles. The first-order chi connectivity index (χ1) is 8.49. The average molecular weight is 248 g/mol. The maximum Gasteiger partial charge on any atom is 0.221 e. The van der Waals surface area contributed by atoms with Crippen molar-refractivity contribution in [2.75, 3.05) is 18.8 Å². The van der Waals surface area contributed by atoms with E-state index in [1.54, 1.807) is 6.20 Å². The van der Waals surface area contributed by atoms with Crippen molar-refractivity contribution in [3.8, 4) is 0 Å². The van der Waals surface area contributed by atoms with E-state index < -0.39 is 0 Å². The van der Waals surface area contributed by atoms with Gasteiger partial charge in [-0.25, -0.2) is 0 Å². The number of nitrogen functional groups attached to an aromatic ring is 1. The Morgan fingerprint density at radius 1 is 1.56 bits per heavy atom. The van der Waals surface area contributed by atoms with Crippen LogP contribution in [0.3, 0.4) is 0 Å². The van der Waals surface area contributed by atoms with E-state index in [4.69, 9.17) is 11.5 Å². The molecule has 98 valence electrons. The van der Waals surface area contributed by atoms with E-state index in [0.29, 0.717) is 0 Å². The van der Waals surface area contributed by atoms with Gasteiger partial charge in [-0.05, 0) is 37.9 Å². The van der Waals surface area contributed by atoms with Crippen LogP contribution in [0.1, 0.15) is 23.2 Å². The van der Waals surface area contributed by atoms with Crippen LogP contribution in [0.15, 0.2) is 6.20 Å². The van der Waals surface area contributed by atoms with Crippen LogP contribution in [0.25, 0.3) is 0 Å². The molecule has 18 heavy (non-hydrogen) atoms. The number of nitrogens with zero attached hydrogens (tertiary/aromatic N) is 2. The van der Waals surface area contributed by atoms with Crippen molar-refractivity contribution in [2.24, 2.45) is 11.7 Å². The summed E-state index contributed by atoms with van der Waals surface area (Å²) >= 11 is 0. The number of aromatic nitrogens is 1. The van der Waals surface area contributed by atoms with Gasteiger partial charge in [0.2, 0.25) is 5.91 Å². The zero-order chi connectivity index (χ0) is 13.3. The second kappa shape index (κ2) is 4.94. The number of carbonyl (C=O) groups excluding carboxylic acids is 1. The number of aryl methyl sites for hydroxylation is 1. The lowest BCUT2D eigenvalue weighted by Crippen LogP contribution is -2.27. The van der Waals surface area contributed by atoms with E-state index in [-0.39, 0.29) is 11.8 Å². The minimum Gasteiger partial charge on any atom is -0.398 e. The predicted octanol–water partition coefficient (Wildman–Crippen LogP) is 0.588. The number of nitrogens with two attached hydrogens (primary N) is 2. The maximum atomic E-state index is 11.1. The van der Waals surface area contributed by atoms with E-state index in [2.05, 4.69) is 9.88 Å². The number of hydrogen-bond donors (Lipinski definition) is 2. The second-order valence-electron chi connectivity index (χ2n) is 5.05. The summed E-state index contributed by atoms with van der Waals surface area (Å²) in [5.41, 5.74) is 15.2. The molecule has 5 heteroatoms. The van der Waals surface area contributed by atoms with Gasteiger partial charge in [0.15, 0.2) is 0 Å². The van der Waals surface area contributed by atoms with Gasteiger partial charge in [0.05, 0.1) is 11.6 Å². The smallest absolute Gasteiger partial charge is 0.221 e. The minimum absolute atomic E-state index is 0.0203. The van der Waals surface area contributed by atoms with Gasteiger partial charge < -0.3 is 11.5 Å². The molecule has 1 saturated heterocycles. The van der Waals surface area contributed by atoms with Gasteiger partial charge in [0.25, 0.3) is 0 Å². The molecule has 5 nitrogen and oxygen atoms in total.